The van der Waals surface area contributed by atoms with Crippen LogP contribution < -0.4 is 9.47 Å². The van der Waals surface area contributed by atoms with Gasteiger partial charge in [-0.15, -0.1) is 0 Å². The van der Waals surface area contributed by atoms with Crippen LogP contribution in [0.5, 0.6) is 11.5 Å². The highest BCUT2D eigenvalue weighted by atomic mass is 19.4. The van der Waals surface area contributed by atoms with Gasteiger partial charge in [0.2, 0.25) is 0 Å². The molecule has 0 saturated carbocycles. The Morgan fingerprint density at radius 1 is 0.727 bits per heavy atom. The number of carbonyl (C=O) groups is 2. The third-order valence-corrected chi connectivity index (χ3v) is 7.06. The van der Waals surface area contributed by atoms with Gasteiger partial charge in [0, 0.05) is 13.7 Å². The van der Waals surface area contributed by atoms with E-state index in [1.165, 1.54) is 24.3 Å². The Labute approximate surface area is 257 Å². The van der Waals surface area contributed by atoms with Crippen molar-refractivity contribution >= 4 is 11.9 Å². The SMILES string of the molecule is CCCCCC[C@@H](OC(=O)c1ccccc1OC(=O)c1ccc(-c2ccc(OCCCCCCOC)cc2)cc1)C(F)(F)F. The van der Waals surface area contributed by atoms with Crippen LogP contribution in [0.1, 0.15) is 85.4 Å². The van der Waals surface area contributed by atoms with Crippen LogP contribution in [0.4, 0.5) is 13.2 Å². The van der Waals surface area contributed by atoms with Gasteiger partial charge in [0.15, 0.2) is 6.10 Å². The highest BCUT2D eigenvalue weighted by molar-refractivity contribution is 5.96. The summed E-state index contributed by atoms with van der Waals surface area (Å²) in [7, 11) is 1.71. The Morgan fingerprint density at radius 2 is 1.34 bits per heavy atom. The number of esters is 2. The Bertz CT molecular complexity index is 1290. The normalized spacial score (nSPS) is 12.0. The van der Waals surface area contributed by atoms with E-state index in [9.17, 15) is 22.8 Å². The second-order valence-corrected chi connectivity index (χ2v) is 10.5. The lowest BCUT2D eigenvalue weighted by Crippen LogP contribution is -2.34. The number of benzene rings is 3. The van der Waals surface area contributed by atoms with Crippen molar-refractivity contribution in [3.05, 3.63) is 83.9 Å². The molecule has 44 heavy (non-hydrogen) atoms. The van der Waals surface area contributed by atoms with Crippen molar-refractivity contribution in [1.29, 1.82) is 0 Å². The predicted octanol–water partition coefficient (Wildman–Crippen LogP) is 9.22. The first-order valence-electron chi connectivity index (χ1n) is 15.1. The fraction of sp³-hybridized carbons (Fsp3) is 0.429. The van der Waals surface area contributed by atoms with Crippen LogP contribution in [-0.2, 0) is 9.47 Å². The van der Waals surface area contributed by atoms with Gasteiger partial charge in [0.1, 0.15) is 17.1 Å². The summed E-state index contributed by atoms with van der Waals surface area (Å²) < 4.78 is 61.8. The molecule has 0 aliphatic carbocycles. The molecule has 0 N–H and O–H groups in total. The van der Waals surface area contributed by atoms with Crippen LogP contribution in [0, 0.1) is 0 Å². The molecular weight excluding hydrogens is 573 g/mol. The van der Waals surface area contributed by atoms with E-state index in [1.54, 1.807) is 31.4 Å². The second kappa shape index (κ2) is 18.1. The number of halogens is 3. The summed E-state index contributed by atoms with van der Waals surface area (Å²) in [6.07, 6.45) is -0.467. The van der Waals surface area contributed by atoms with Gasteiger partial charge in [0.25, 0.3) is 0 Å². The summed E-state index contributed by atoms with van der Waals surface area (Å²) >= 11 is 0. The lowest BCUT2D eigenvalue weighted by molar-refractivity contribution is -0.206. The van der Waals surface area contributed by atoms with Gasteiger partial charge in [-0.05, 0) is 79.6 Å². The topological polar surface area (TPSA) is 71.1 Å². The molecule has 3 aromatic carbocycles. The summed E-state index contributed by atoms with van der Waals surface area (Å²) in [5, 5.41) is 0. The summed E-state index contributed by atoms with van der Waals surface area (Å²) in [6.45, 7) is 3.38. The zero-order valence-corrected chi connectivity index (χ0v) is 25.4. The van der Waals surface area contributed by atoms with Gasteiger partial charge in [-0.2, -0.15) is 13.2 Å². The van der Waals surface area contributed by atoms with Crippen LogP contribution in [0.15, 0.2) is 72.8 Å². The van der Waals surface area contributed by atoms with E-state index in [0.717, 1.165) is 62.0 Å². The third kappa shape index (κ3) is 11.3. The summed E-state index contributed by atoms with van der Waals surface area (Å²) in [5.74, 6) is -1.35. The minimum absolute atomic E-state index is 0.177. The molecule has 0 amide bonds. The van der Waals surface area contributed by atoms with Gasteiger partial charge in [-0.3, -0.25) is 0 Å². The molecule has 3 rings (SSSR count). The molecule has 238 valence electrons. The highest BCUT2D eigenvalue weighted by Gasteiger charge is 2.42. The summed E-state index contributed by atoms with van der Waals surface area (Å²) in [4.78, 5) is 25.6. The van der Waals surface area contributed by atoms with Gasteiger partial charge in [-0.1, -0.05) is 69.0 Å². The number of carbonyl (C=O) groups excluding carboxylic acids is 2. The maximum Gasteiger partial charge on any atom is 0.425 e. The molecule has 0 aliphatic heterocycles. The predicted molar refractivity (Wildman–Crippen MR) is 163 cm³/mol. The number of hydrogen-bond acceptors (Lipinski definition) is 6. The van der Waals surface area contributed by atoms with Crippen molar-refractivity contribution in [2.75, 3.05) is 20.3 Å². The lowest BCUT2D eigenvalue weighted by atomic mass is 10.0. The maximum absolute atomic E-state index is 13.5. The Hall–Kier alpha value is -3.85. The van der Waals surface area contributed by atoms with E-state index in [4.69, 9.17) is 18.9 Å². The molecule has 0 aliphatic rings. The zero-order chi connectivity index (χ0) is 31.8. The molecule has 0 fully saturated rings. The second-order valence-electron chi connectivity index (χ2n) is 10.5. The lowest BCUT2D eigenvalue weighted by Gasteiger charge is -2.21. The fourth-order valence-corrected chi connectivity index (χ4v) is 4.56. The van der Waals surface area contributed by atoms with Crippen molar-refractivity contribution in [3.8, 4) is 22.6 Å². The minimum atomic E-state index is -4.70. The van der Waals surface area contributed by atoms with E-state index in [-0.39, 0.29) is 29.7 Å². The van der Waals surface area contributed by atoms with Crippen molar-refractivity contribution < 1.29 is 41.7 Å². The molecule has 0 heterocycles. The molecule has 9 heteroatoms. The fourth-order valence-electron chi connectivity index (χ4n) is 4.56. The van der Waals surface area contributed by atoms with Gasteiger partial charge < -0.3 is 18.9 Å². The third-order valence-electron chi connectivity index (χ3n) is 7.06. The van der Waals surface area contributed by atoms with Crippen LogP contribution in [-0.4, -0.2) is 44.5 Å². The standard InChI is InChI=1S/C35H41F3O6/c1-3-4-5-8-15-32(35(36,37)38)44-34(40)30-13-9-10-14-31(30)43-33(39)28-18-16-26(17-19-28)27-20-22-29(23-21-27)42-25-12-7-6-11-24-41-2/h9-10,13-14,16-23,32H,3-8,11-12,15,24-25H2,1-2H3/t32-/m1/s1. The first-order chi connectivity index (χ1) is 21.2. The largest absolute Gasteiger partial charge is 0.494 e. The maximum atomic E-state index is 13.5. The molecule has 0 spiro atoms. The smallest absolute Gasteiger partial charge is 0.425 e. The van der Waals surface area contributed by atoms with Crippen LogP contribution in [0.3, 0.4) is 0 Å². The number of ether oxygens (including phenoxy) is 4. The van der Waals surface area contributed by atoms with Gasteiger partial charge in [0.05, 0.1) is 12.2 Å². The Morgan fingerprint density at radius 3 is 1.98 bits per heavy atom. The Kier molecular flexibility index (Phi) is 14.2. The number of alkyl halides is 3. The molecule has 0 saturated heterocycles. The molecule has 1 atom stereocenters. The van der Waals surface area contributed by atoms with E-state index >= 15 is 0 Å². The number of methoxy groups -OCH3 is 1. The van der Waals surface area contributed by atoms with E-state index in [2.05, 4.69) is 0 Å². The van der Waals surface area contributed by atoms with Gasteiger partial charge >= 0.3 is 18.1 Å². The van der Waals surface area contributed by atoms with E-state index < -0.39 is 24.2 Å². The molecule has 0 aromatic heterocycles. The molecular formula is C35H41F3O6. The Balaban J connectivity index is 1.58. The molecule has 0 radical (unpaired) electrons. The first kappa shape index (κ1) is 34.6. The first-order valence-corrected chi connectivity index (χ1v) is 15.1. The van der Waals surface area contributed by atoms with Crippen LogP contribution >= 0.6 is 0 Å². The van der Waals surface area contributed by atoms with Crippen molar-refractivity contribution in [1.82, 2.24) is 0 Å². The van der Waals surface area contributed by atoms with E-state index in [1.807, 2.05) is 31.2 Å². The zero-order valence-electron chi connectivity index (χ0n) is 25.4. The van der Waals surface area contributed by atoms with Crippen LogP contribution in [0.25, 0.3) is 11.1 Å². The number of hydrogen-bond donors (Lipinski definition) is 0. The number of rotatable bonds is 18. The minimum Gasteiger partial charge on any atom is -0.494 e. The van der Waals surface area contributed by atoms with Crippen LogP contribution in [0.2, 0.25) is 0 Å². The molecule has 0 bridgehead atoms. The summed E-state index contributed by atoms with van der Waals surface area (Å²) in [6, 6.07) is 20.0. The van der Waals surface area contributed by atoms with Crippen molar-refractivity contribution in [2.24, 2.45) is 0 Å². The number of unbranched alkanes of at least 4 members (excludes halogenated alkanes) is 6. The van der Waals surface area contributed by atoms with Crippen molar-refractivity contribution in [3.63, 3.8) is 0 Å². The van der Waals surface area contributed by atoms with Gasteiger partial charge in [-0.25, -0.2) is 9.59 Å². The van der Waals surface area contributed by atoms with Crippen molar-refractivity contribution in [2.45, 2.75) is 77.0 Å². The average molecular weight is 615 g/mol. The summed E-state index contributed by atoms with van der Waals surface area (Å²) in [5.41, 5.74) is 1.76. The average Bonchev–Trinajstić information content (AvgIpc) is 3.02. The molecule has 3 aromatic rings. The number of para-hydroxylation sites is 1. The van der Waals surface area contributed by atoms with E-state index in [0.29, 0.717) is 13.0 Å². The molecule has 0 unspecified atom stereocenters. The molecule has 6 nitrogen and oxygen atoms in total. The quantitative estimate of drug-likeness (QED) is 0.0808. The monoisotopic (exact) mass is 614 g/mol. The highest BCUT2D eigenvalue weighted by Crippen LogP contribution is 2.30.